The number of urea groups is 1. The highest BCUT2D eigenvalue weighted by Crippen LogP contribution is 2.41. The highest BCUT2D eigenvalue weighted by atomic mass is 79.9. The number of para-hydroxylation sites is 1. The van der Waals surface area contributed by atoms with Gasteiger partial charge < -0.3 is 25.2 Å². The van der Waals surface area contributed by atoms with Gasteiger partial charge in [-0.25, -0.2) is 4.79 Å². The number of hydrogen-bond donors (Lipinski definition) is 3. The van der Waals surface area contributed by atoms with Crippen molar-refractivity contribution in [3.63, 3.8) is 0 Å². The van der Waals surface area contributed by atoms with E-state index in [-0.39, 0.29) is 17.8 Å². The van der Waals surface area contributed by atoms with Crippen LogP contribution in [0.3, 0.4) is 0 Å². The van der Waals surface area contributed by atoms with Crippen LogP contribution in [0.4, 0.5) is 16.2 Å². The first-order valence-electron chi connectivity index (χ1n) is 10.1. The molecule has 0 aromatic heterocycles. The van der Waals surface area contributed by atoms with Crippen molar-refractivity contribution in [2.45, 2.75) is 12.3 Å². The number of rotatable bonds is 6. The molecule has 0 spiro atoms. The van der Waals surface area contributed by atoms with Gasteiger partial charge in [-0.3, -0.25) is 9.69 Å². The zero-order valence-electron chi connectivity index (χ0n) is 18.0. The summed E-state index contributed by atoms with van der Waals surface area (Å²) in [6.07, 6.45) is 0. The molecule has 0 bridgehead atoms. The van der Waals surface area contributed by atoms with Crippen LogP contribution in [0.2, 0.25) is 0 Å². The minimum absolute atomic E-state index is 0.0854. The number of aliphatic hydroxyl groups is 1. The zero-order chi connectivity index (χ0) is 23.6. The van der Waals surface area contributed by atoms with Gasteiger partial charge >= 0.3 is 6.03 Å². The lowest BCUT2D eigenvalue weighted by Crippen LogP contribution is -2.62. The molecule has 1 aliphatic heterocycles. The Bertz CT molecular complexity index is 1220. The average Bonchev–Trinajstić information content (AvgIpc) is 2.83. The smallest absolute Gasteiger partial charge is 0.329 e. The van der Waals surface area contributed by atoms with Crippen LogP contribution in [-0.4, -0.2) is 31.3 Å². The number of carbonyl (C=O) groups is 2. The van der Waals surface area contributed by atoms with Crippen molar-refractivity contribution >= 4 is 39.2 Å². The van der Waals surface area contributed by atoms with Crippen molar-refractivity contribution in [3.05, 3.63) is 82.3 Å². The number of hydrogen-bond acceptors (Lipinski definition) is 5. The second-order valence-corrected chi connectivity index (χ2v) is 8.24. The molecule has 0 fully saturated rings. The first-order valence-corrected chi connectivity index (χ1v) is 10.9. The van der Waals surface area contributed by atoms with Crippen molar-refractivity contribution in [2.75, 3.05) is 24.4 Å². The number of carbonyl (C=O) groups excluding carboxylic acids is 2. The summed E-state index contributed by atoms with van der Waals surface area (Å²) >= 11 is 3.39. The lowest BCUT2D eigenvalue weighted by atomic mass is 9.94. The monoisotopic (exact) mass is 511 g/mol. The topological polar surface area (TPSA) is 100 Å². The number of anilines is 2. The Kier molecular flexibility index (Phi) is 6.26. The van der Waals surface area contributed by atoms with Gasteiger partial charge in [0.15, 0.2) is 0 Å². The van der Waals surface area contributed by atoms with Crippen LogP contribution in [0.1, 0.15) is 11.1 Å². The molecule has 33 heavy (non-hydrogen) atoms. The molecule has 0 radical (unpaired) electrons. The zero-order valence-corrected chi connectivity index (χ0v) is 19.5. The standard InChI is InChI=1S/C24H22BrN3O5/c1-32-18-8-5-7-17(13-18)28-23(30)27-20-11-10-16(25)12-19(20)24(28,31)22(29)26-14-15-6-3-4-9-21(15)33-2/h3-13,31H,14H2,1-2H3,(H,26,29)(H,27,30)/t24-/m0/s1. The molecular weight excluding hydrogens is 490 g/mol. The Morgan fingerprint density at radius 2 is 1.88 bits per heavy atom. The van der Waals surface area contributed by atoms with Crippen LogP contribution >= 0.6 is 15.9 Å². The maximum atomic E-state index is 13.6. The minimum atomic E-state index is -2.34. The van der Waals surface area contributed by atoms with E-state index in [2.05, 4.69) is 26.6 Å². The summed E-state index contributed by atoms with van der Waals surface area (Å²) in [6, 6.07) is 18.1. The van der Waals surface area contributed by atoms with Crippen molar-refractivity contribution in [1.82, 2.24) is 5.32 Å². The second kappa shape index (κ2) is 9.13. The summed E-state index contributed by atoms with van der Waals surface area (Å²) < 4.78 is 11.2. The first kappa shape index (κ1) is 22.6. The molecule has 170 valence electrons. The largest absolute Gasteiger partial charge is 0.497 e. The van der Waals surface area contributed by atoms with E-state index in [1.165, 1.54) is 14.2 Å². The second-order valence-electron chi connectivity index (χ2n) is 7.32. The lowest BCUT2D eigenvalue weighted by Gasteiger charge is -2.42. The molecule has 1 heterocycles. The van der Waals surface area contributed by atoms with E-state index in [1.54, 1.807) is 54.6 Å². The number of nitrogens with zero attached hydrogens (tertiary/aromatic N) is 1. The summed E-state index contributed by atoms with van der Waals surface area (Å²) in [5, 5.41) is 17.4. The molecule has 8 nitrogen and oxygen atoms in total. The summed E-state index contributed by atoms with van der Waals surface area (Å²) in [5.41, 5.74) is -0.781. The Morgan fingerprint density at radius 1 is 1.09 bits per heavy atom. The van der Waals surface area contributed by atoms with Gasteiger partial charge in [0.2, 0.25) is 0 Å². The van der Waals surface area contributed by atoms with E-state index in [4.69, 9.17) is 9.47 Å². The normalized spacial score (nSPS) is 17.1. The number of benzene rings is 3. The summed E-state index contributed by atoms with van der Waals surface area (Å²) in [5.74, 6) is 0.293. The van der Waals surface area contributed by atoms with Gasteiger partial charge in [0, 0.05) is 28.2 Å². The molecule has 1 aliphatic rings. The number of amides is 3. The molecule has 3 aromatic carbocycles. The molecular formula is C24H22BrN3O5. The van der Waals surface area contributed by atoms with E-state index in [0.29, 0.717) is 21.7 Å². The summed E-state index contributed by atoms with van der Waals surface area (Å²) in [6.45, 7) is 0.0854. The van der Waals surface area contributed by atoms with Crippen LogP contribution in [0.15, 0.2) is 71.2 Å². The van der Waals surface area contributed by atoms with Gasteiger partial charge in [-0.2, -0.15) is 0 Å². The van der Waals surface area contributed by atoms with E-state index in [0.717, 1.165) is 10.5 Å². The number of ether oxygens (including phenoxy) is 2. The van der Waals surface area contributed by atoms with Gasteiger partial charge in [-0.1, -0.05) is 40.2 Å². The third kappa shape index (κ3) is 4.12. The lowest BCUT2D eigenvalue weighted by molar-refractivity contribution is -0.140. The molecule has 0 saturated carbocycles. The van der Waals surface area contributed by atoms with E-state index in [1.807, 2.05) is 12.1 Å². The van der Waals surface area contributed by atoms with Crippen molar-refractivity contribution in [2.24, 2.45) is 0 Å². The van der Waals surface area contributed by atoms with Crippen LogP contribution < -0.4 is 25.0 Å². The van der Waals surface area contributed by atoms with E-state index < -0.39 is 17.7 Å². The Morgan fingerprint density at radius 3 is 2.64 bits per heavy atom. The van der Waals surface area contributed by atoms with E-state index >= 15 is 0 Å². The Hall–Kier alpha value is -3.56. The Labute approximate surface area is 199 Å². The third-order valence-corrected chi connectivity index (χ3v) is 5.88. The molecule has 1 atom stereocenters. The fourth-order valence-electron chi connectivity index (χ4n) is 3.78. The average molecular weight is 512 g/mol. The Balaban J connectivity index is 1.79. The van der Waals surface area contributed by atoms with Gasteiger partial charge in [0.05, 0.1) is 25.6 Å². The number of methoxy groups -OCH3 is 2. The third-order valence-electron chi connectivity index (χ3n) is 5.39. The predicted molar refractivity (Wildman–Crippen MR) is 127 cm³/mol. The van der Waals surface area contributed by atoms with Gasteiger partial charge in [-0.05, 0) is 36.4 Å². The van der Waals surface area contributed by atoms with Crippen LogP contribution in [0, 0.1) is 0 Å². The molecule has 3 N–H and O–H groups in total. The van der Waals surface area contributed by atoms with Gasteiger partial charge in [-0.15, -0.1) is 0 Å². The van der Waals surface area contributed by atoms with E-state index in [9.17, 15) is 14.7 Å². The predicted octanol–water partition coefficient (Wildman–Crippen LogP) is 3.98. The fourth-order valence-corrected chi connectivity index (χ4v) is 4.14. The fraction of sp³-hybridized carbons (Fsp3) is 0.167. The SMILES string of the molecule is COc1cccc(N2C(=O)Nc3ccc(Br)cc3[C@]2(O)C(=O)NCc2ccccc2OC)c1. The number of fused-ring (bicyclic) bond motifs is 1. The van der Waals surface area contributed by atoms with Crippen LogP contribution in [-0.2, 0) is 17.1 Å². The summed E-state index contributed by atoms with van der Waals surface area (Å²) in [7, 11) is 3.03. The molecule has 9 heteroatoms. The van der Waals surface area contributed by atoms with Crippen molar-refractivity contribution in [3.8, 4) is 11.5 Å². The van der Waals surface area contributed by atoms with Crippen LogP contribution in [0.25, 0.3) is 0 Å². The van der Waals surface area contributed by atoms with Crippen molar-refractivity contribution < 1.29 is 24.2 Å². The van der Waals surface area contributed by atoms with Gasteiger partial charge in [0.1, 0.15) is 11.5 Å². The molecule has 0 saturated heterocycles. The number of halogens is 1. The molecule has 4 rings (SSSR count). The molecule has 0 unspecified atom stereocenters. The maximum absolute atomic E-state index is 13.6. The molecule has 3 amide bonds. The minimum Gasteiger partial charge on any atom is -0.497 e. The highest BCUT2D eigenvalue weighted by molar-refractivity contribution is 9.10. The maximum Gasteiger partial charge on any atom is 0.329 e. The first-order chi connectivity index (χ1) is 15.9. The van der Waals surface area contributed by atoms with Crippen LogP contribution in [0.5, 0.6) is 11.5 Å². The molecule has 3 aromatic rings. The highest BCUT2D eigenvalue weighted by Gasteiger charge is 2.52. The van der Waals surface area contributed by atoms with Gasteiger partial charge in [0.25, 0.3) is 11.6 Å². The quantitative estimate of drug-likeness (QED) is 0.464. The molecule has 0 aliphatic carbocycles. The van der Waals surface area contributed by atoms with Crippen molar-refractivity contribution in [1.29, 1.82) is 0 Å². The number of nitrogens with one attached hydrogen (secondary N) is 2. The summed E-state index contributed by atoms with van der Waals surface area (Å²) in [4.78, 5) is 27.7.